The topological polar surface area (TPSA) is 55.1 Å². The smallest absolute Gasteiger partial charge is 0.252 e. The minimum Gasteiger partial charge on any atom is -0.399 e. The predicted molar refractivity (Wildman–Crippen MR) is 85.6 cm³/mol. The number of benzene rings is 2. The summed E-state index contributed by atoms with van der Waals surface area (Å²) in [6.45, 7) is 4.00. The molecule has 0 bridgehead atoms. The van der Waals surface area contributed by atoms with Crippen molar-refractivity contribution in [1.82, 2.24) is 5.32 Å². The molecule has 0 saturated carbocycles. The van der Waals surface area contributed by atoms with Crippen molar-refractivity contribution in [3.63, 3.8) is 0 Å². The molecule has 1 amide bonds. The van der Waals surface area contributed by atoms with Crippen LogP contribution in [-0.4, -0.2) is 5.91 Å². The maximum Gasteiger partial charge on any atom is 0.252 e. The van der Waals surface area contributed by atoms with Crippen LogP contribution in [-0.2, 0) is 0 Å². The number of nitrogens with one attached hydrogen (secondary N) is 1. The Labute approximate surface area is 127 Å². The van der Waals surface area contributed by atoms with Crippen molar-refractivity contribution >= 4 is 27.5 Å². The molecule has 3 N–H and O–H groups in total. The van der Waals surface area contributed by atoms with Crippen molar-refractivity contribution in [1.29, 1.82) is 0 Å². The molecule has 1 unspecified atom stereocenters. The summed E-state index contributed by atoms with van der Waals surface area (Å²) in [4.78, 5) is 12.3. The second-order valence-corrected chi connectivity index (χ2v) is 5.70. The quantitative estimate of drug-likeness (QED) is 0.839. The van der Waals surface area contributed by atoms with Gasteiger partial charge in [0.15, 0.2) is 0 Å². The van der Waals surface area contributed by atoms with Gasteiger partial charge in [0.2, 0.25) is 0 Å². The van der Waals surface area contributed by atoms with Gasteiger partial charge in [-0.15, -0.1) is 0 Å². The van der Waals surface area contributed by atoms with E-state index in [1.807, 2.05) is 38.1 Å². The summed E-state index contributed by atoms with van der Waals surface area (Å²) in [7, 11) is 0. The standard InChI is InChI=1S/C16H17BrN2O/c1-10-3-5-12(6-4-10)11(2)19-16(20)14-9-13(18)7-8-15(14)17/h3-9,11H,18H2,1-2H3,(H,19,20). The van der Waals surface area contributed by atoms with Crippen LogP contribution < -0.4 is 11.1 Å². The van der Waals surface area contributed by atoms with Crippen LogP contribution in [0.4, 0.5) is 5.69 Å². The van der Waals surface area contributed by atoms with Crippen molar-refractivity contribution in [2.45, 2.75) is 19.9 Å². The highest BCUT2D eigenvalue weighted by Gasteiger charge is 2.14. The molecule has 0 aliphatic heterocycles. The summed E-state index contributed by atoms with van der Waals surface area (Å²) in [5.74, 6) is -0.141. The zero-order chi connectivity index (χ0) is 14.7. The van der Waals surface area contributed by atoms with Crippen molar-refractivity contribution in [3.8, 4) is 0 Å². The number of halogens is 1. The molecule has 0 saturated heterocycles. The first-order chi connectivity index (χ1) is 9.47. The highest BCUT2D eigenvalue weighted by Crippen LogP contribution is 2.21. The van der Waals surface area contributed by atoms with Gasteiger partial charge in [0.1, 0.15) is 0 Å². The van der Waals surface area contributed by atoms with Crippen molar-refractivity contribution < 1.29 is 4.79 Å². The van der Waals surface area contributed by atoms with Crippen LogP contribution in [0, 0.1) is 6.92 Å². The Morgan fingerprint density at radius 2 is 1.85 bits per heavy atom. The first kappa shape index (κ1) is 14.6. The number of nitrogens with two attached hydrogens (primary N) is 1. The molecule has 4 heteroatoms. The maximum atomic E-state index is 12.3. The number of hydrogen-bond donors (Lipinski definition) is 2. The second kappa shape index (κ2) is 6.09. The molecular weight excluding hydrogens is 316 g/mol. The highest BCUT2D eigenvalue weighted by atomic mass is 79.9. The molecule has 0 aromatic heterocycles. The number of carbonyl (C=O) groups excluding carboxylic acids is 1. The Balaban J connectivity index is 2.15. The first-order valence-electron chi connectivity index (χ1n) is 6.40. The summed E-state index contributed by atoms with van der Waals surface area (Å²) in [5, 5.41) is 2.98. The molecule has 0 aliphatic carbocycles. The van der Waals surface area contributed by atoms with Crippen molar-refractivity contribution in [2.24, 2.45) is 0 Å². The molecule has 0 spiro atoms. The fourth-order valence-corrected chi connectivity index (χ4v) is 2.36. The first-order valence-corrected chi connectivity index (χ1v) is 7.19. The third-order valence-corrected chi connectivity index (χ3v) is 3.85. The molecule has 104 valence electrons. The number of amides is 1. The van der Waals surface area contributed by atoms with Crippen molar-refractivity contribution in [2.75, 3.05) is 5.73 Å². The molecule has 0 fully saturated rings. The van der Waals surface area contributed by atoms with Gasteiger partial charge in [-0.25, -0.2) is 0 Å². The van der Waals surface area contributed by atoms with E-state index in [1.165, 1.54) is 5.56 Å². The Hall–Kier alpha value is -1.81. The third-order valence-electron chi connectivity index (χ3n) is 3.16. The van der Waals surface area contributed by atoms with Crippen LogP contribution in [0.25, 0.3) is 0 Å². The summed E-state index contributed by atoms with van der Waals surface area (Å²) in [6, 6.07) is 13.3. The number of nitrogen functional groups attached to an aromatic ring is 1. The number of hydrogen-bond acceptors (Lipinski definition) is 2. The lowest BCUT2D eigenvalue weighted by Crippen LogP contribution is -2.27. The molecular formula is C16H17BrN2O. The zero-order valence-electron chi connectivity index (χ0n) is 11.5. The van der Waals surface area contributed by atoms with E-state index in [2.05, 4.69) is 21.2 Å². The summed E-state index contributed by atoms with van der Waals surface area (Å²) < 4.78 is 0.736. The minimum atomic E-state index is -0.141. The van der Waals surface area contributed by atoms with Gasteiger partial charge in [0.05, 0.1) is 11.6 Å². The van der Waals surface area contributed by atoms with Gasteiger partial charge in [-0.2, -0.15) is 0 Å². The number of aryl methyl sites for hydroxylation is 1. The molecule has 0 radical (unpaired) electrons. The largest absolute Gasteiger partial charge is 0.399 e. The fraction of sp³-hybridized carbons (Fsp3) is 0.188. The zero-order valence-corrected chi connectivity index (χ0v) is 13.1. The highest BCUT2D eigenvalue weighted by molar-refractivity contribution is 9.10. The molecule has 2 aromatic carbocycles. The van der Waals surface area contributed by atoms with E-state index in [9.17, 15) is 4.79 Å². The maximum absolute atomic E-state index is 12.3. The van der Waals surface area contributed by atoms with Crippen LogP contribution >= 0.6 is 15.9 Å². The Bertz CT molecular complexity index is 623. The van der Waals surface area contributed by atoms with E-state index in [4.69, 9.17) is 5.73 Å². The van der Waals surface area contributed by atoms with Gasteiger partial charge in [-0.05, 0) is 53.5 Å². The van der Waals surface area contributed by atoms with Gasteiger partial charge >= 0.3 is 0 Å². The molecule has 2 aromatic rings. The molecule has 2 rings (SSSR count). The number of rotatable bonds is 3. The van der Waals surface area contributed by atoms with E-state index in [0.717, 1.165) is 10.0 Å². The summed E-state index contributed by atoms with van der Waals surface area (Å²) in [6.07, 6.45) is 0. The monoisotopic (exact) mass is 332 g/mol. The van der Waals surface area contributed by atoms with E-state index in [0.29, 0.717) is 11.3 Å². The van der Waals surface area contributed by atoms with Gasteiger partial charge in [0.25, 0.3) is 5.91 Å². The Morgan fingerprint density at radius 1 is 1.20 bits per heavy atom. The lowest BCUT2D eigenvalue weighted by molar-refractivity contribution is 0.0939. The number of anilines is 1. The van der Waals surface area contributed by atoms with E-state index in [1.54, 1.807) is 18.2 Å². The van der Waals surface area contributed by atoms with Gasteiger partial charge < -0.3 is 11.1 Å². The Morgan fingerprint density at radius 3 is 2.50 bits per heavy atom. The van der Waals surface area contributed by atoms with Gasteiger partial charge in [-0.1, -0.05) is 29.8 Å². The van der Waals surface area contributed by atoms with Gasteiger partial charge in [0, 0.05) is 10.2 Å². The van der Waals surface area contributed by atoms with Gasteiger partial charge in [-0.3, -0.25) is 4.79 Å². The molecule has 0 aliphatic rings. The normalized spacial score (nSPS) is 11.9. The Kier molecular flexibility index (Phi) is 4.45. The fourth-order valence-electron chi connectivity index (χ4n) is 1.93. The molecule has 3 nitrogen and oxygen atoms in total. The van der Waals surface area contributed by atoms with Crippen LogP contribution in [0.3, 0.4) is 0 Å². The van der Waals surface area contributed by atoms with Crippen LogP contribution in [0.2, 0.25) is 0 Å². The van der Waals surface area contributed by atoms with E-state index in [-0.39, 0.29) is 11.9 Å². The number of carbonyl (C=O) groups is 1. The minimum absolute atomic E-state index is 0.0589. The predicted octanol–water partition coefficient (Wildman–Crippen LogP) is 3.83. The van der Waals surface area contributed by atoms with Crippen LogP contribution in [0.15, 0.2) is 46.9 Å². The average Bonchev–Trinajstić information content (AvgIpc) is 2.42. The SMILES string of the molecule is Cc1ccc(C(C)NC(=O)c2cc(N)ccc2Br)cc1. The third kappa shape index (κ3) is 3.39. The molecule has 1 atom stereocenters. The van der Waals surface area contributed by atoms with Crippen molar-refractivity contribution in [3.05, 3.63) is 63.6 Å². The van der Waals surface area contributed by atoms with Crippen LogP contribution in [0.1, 0.15) is 34.5 Å². The van der Waals surface area contributed by atoms with E-state index < -0.39 is 0 Å². The lowest BCUT2D eigenvalue weighted by atomic mass is 10.1. The van der Waals surface area contributed by atoms with Crippen LogP contribution in [0.5, 0.6) is 0 Å². The average molecular weight is 333 g/mol. The lowest BCUT2D eigenvalue weighted by Gasteiger charge is -2.15. The molecule has 0 heterocycles. The molecule has 20 heavy (non-hydrogen) atoms. The summed E-state index contributed by atoms with van der Waals surface area (Å²) >= 11 is 3.37. The summed E-state index contributed by atoms with van der Waals surface area (Å²) in [5.41, 5.74) is 9.11. The van der Waals surface area contributed by atoms with E-state index >= 15 is 0 Å². The second-order valence-electron chi connectivity index (χ2n) is 4.85.